The van der Waals surface area contributed by atoms with Crippen molar-refractivity contribution in [2.24, 2.45) is 11.8 Å². The molecule has 78 valence electrons. The van der Waals surface area contributed by atoms with Crippen molar-refractivity contribution < 1.29 is 4.39 Å². The molecule has 1 saturated heterocycles. The van der Waals surface area contributed by atoms with E-state index in [4.69, 9.17) is 0 Å². The van der Waals surface area contributed by atoms with Crippen molar-refractivity contribution in [2.75, 3.05) is 13.1 Å². The molecule has 1 saturated carbocycles. The van der Waals surface area contributed by atoms with Gasteiger partial charge in [-0.25, -0.2) is 4.39 Å². The molecule has 3 heteroatoms. The molecule has 1 atom stereocenters. The van der Waals surface area contributed by atoms with Gasteiger partial charge < -0.3 is 5.32 Å². The minimum Gasteiger partial charge on any atom is -0.317 e. The predicted octanol–water partition coefficient (Wildman–Crippen LogP) is 2.55. The molecule has 1 heterocycles. The van der Waals surface area contributed by atoms with E-state index in [1.807, 2.05) is 0 Å². The normalized spacial score (nSPS) is 27.5. The van der Waals surface area contributed by atoms with E-state index >= 15 is 0 Å². The third-order valence-electron chi connectivity index (χ3n) is 3.43. The summed E-state index contributed by atoms with van der Waals surface area (Å²) in [5, 5.41) is 3.28. The summed E-state index contributed by atoms with van der Waals surface area (Å²) in [5.41, 5.74) is 0. The van der Waals surface area contributed by atoms with E-state index in [-0.39, 0.29) is 12.4 Å². The van der Waals surface area contributed by atoms with Gasteiger partial charge in [-0.1, -0.05) is 6.42 Å². The molecule has 1 N–H and O–H groups in total. The summed E-state index contributed by atoms with van der Waals surface area (Å²) in [5.74, 6) is 0.796. The second kappa shape index (κ2) is 5.16. The van der Waals surface area contributed by atoms with Crippen molar-refractivity contribution in [3.63, 3.8) is 0 Å². The summed E-state index contributed by atoms with van der Waals surface area (Å²) in [4.78, 5) is 0. The Morgan fingerprint density at radius 1 is 1.00 bits per heavy atom. The molecule has 0 aromatic heterocycles. The van der Waals surface area contributed by atoms with Crippen LogP contribution in [-0.2, 0) is 0 Å². The molecule has 1 nitrogen and oxygen atoms in total. The van der Waals surface area contributed by atoms with Crippen LogP contribution in [0.25, 0.3) is 0 Å². The van der Waals surface area contributed by atoms with Crippen molar-refractivity contribution in [1.29, 1.82) is 0 Å². The molecule has 0 aromatic rings. The molecule has 0 spiro atoms. The molecular weight excluding hydrogens is 189 g/mol. The van der Waals surface area contributed by atoms with Gasteiger partial charge in [-0.05, 0) is 50.6 Å². The van der Waals surface area contributed by atoms with Gasteiger partial charge in [-0.3, -0.25) is 0 Å². The number of rotatable bonds is 2. The molecule has 0 radical (unpaired) electrons. The van der Waals surface area contributed by atoms with Crippen LogP contribution in [0.15, 0.2) is 0 Å². The number of hydrogen-bond acceptors (Lipinski definition) is 1. The molecule has 2 aliphatic rings. The van der Waals surface area contributed by atoms with E-state index in [2.05, 4.69) is 5.32 Å². The molecule has 0 aromatic carbocycles. The maximum Gasteiger partial charge on any atom is 0.106 e. The lowest BCUT2D eigenvalue weighted by atomic mass is 9.75. The van der Waals surface area contributed by atoms with Gasteiger partial charge in [0.05, 0.1) is 0 Å². The van der Waals surface area contributed by atoms with Gasteiger partial charge in [0.15, 0.2) is 0 Å². The molecule has 2 fully saturated rings. The standard InChI is InChI=1S/C10H18FN.ClH/c11-10(8-2-1-3-8)9-4-6-12-7-5-9;/h8-10,12H,1-7H2;1H. The van der Waals surface area contributed by atoms with Crippen LogP contribution in [0.5, 0.6) is 0 Å². The fourth-order valence-corrected chi connectivity index (χ4v) is 2.31. The van der Waals surface area contributed by atoms with Crippen LogP contribution < -0.4 is 5.32 Å². The largest absolute Gasteiger partial charge is 0.317 e. The van der Waals surface area contributed by atoms with E-state index in [1.165, 1.54) is 6.42 Å². The van der Waals surface area contributed by atoms with Crippen LogP contribution in [0, 0.1) is 11.8 Å². The first-order valence-electron chi connectivity index (χ1n) is 5.22. The Morgan fingerprint density at radius 2 is 1.54 bits per heavy atom. The van der Waals surface area contributed by atoms with Gasteiger partial charge >= 0.3 is 0 Å². The van der Waals surface area contributed by atoms with Gasteiger partial charge in [0.25, 0.3) is 0 Å². The number of nitrogens with one attached hydrogen (secondary N) is 1. The smallest absolute Gasteiger partial charge is 0.106 e. The van der Waals surface area contributed by atoms with Gasteiger partial charge in [0, 0.05) is 0 Å². The summed E-state index contributed by atoms with van der Waals surface area (Å²) >= 11 is 0. The number of piperidine rings is 1. The molecule has 2 rings (SSSR count). The third kappa shape index (κ3) is 2.57. The summed E-state index contributed by atoms with van der Waals surface area (Å²) in [6.45, 7) is 2.05. The highest BCUT2D eigenvalue weighted by Gasteiger charge is 2.33. The van der Waals surface area contributed by atoms with Crippen LogP contribution in [0.1, 0.15) is 32.1 Å². The Bertz CT molecular complexity index is 144. The van der Waals surface area contributed by atoms with Crippen LogP contribution >= 0.6 is 12.4 Å². The zero-order valence-corrected chi connectivity index (χ0v) is 8.78. The second-order valence-corrected chi connectivity index (χ2v) is 4.22. The quantitative estimate of drug-likeness (QED) is 0.734. The van der Waals surface area contributed by atoms with Crippen molar-refractivity contribution in [3.05, 3.63) is 0 Å². The Kier molecular flexibility index (Phi) is 4.47. The topological polar surface area (TPSA) is 12.0 Å². The minimum absolute atomic E-state index is 0. The Balaban J connectivity index is 0.000000845. The van der Waals surface area contributed by atoms with E-state index in [1.54, 1.807) is 0 Å². The van der Waals surface area contributed by atoms with Crippen molar-refractivity contribution in [1.82, 2.24) is 5.32 Å². The zero-order valence-electron chi connectivity index (χ0n) is 7.97. The fraction of sp³-hybridized carbons (Fsp3) is 1.00. The average Bonchev–Trinajstić information content (AvgIpc) is 2.03. The highest BCUT2D eigenvalue weighted by atomic mass is 35.5. The van der Waals surface area contributed by atoms with Crippen LogP contribution in [0.3, 0.4) is 0 Å². The Labute approximate surface area is 85.9 Å². The lowest BCUT2D eigenvalue weighted by Crippen LogP contribution is -2.37. The minimum atomic E-state index is -0.485. The number of hydrogen-bond donors (Lipinski definition) is 1. The zero-order chi connectivity index (χ0) is 8.39. The second-order valence-electron chi connectivity index (χ2n) is 4.22. The molecule has 13 heavy (non-hydrogen) atoms. The highest BCUT2D eigenvalue weighted by Crippen LogP contribution is 2.37. The first-order chi connectivity index (χ1) is 5.88. The first-order valence-corrected chi connectivity index (χ1v) is 5.22. The highest BCUT2D eigenvalue weighted by molar-refractivity contribution is 5.85. The van der Waals surface area contributed by atoms with Gasteiger partial charge in [-0.2, -0.15) is 0 Å². The summed E-state index contributed by atoms with van der Waals surface area (Å²) < 4.78 is 13.7. The Hall–Kier alpha value is 0.180. The summed E-state index contributed by atoms with van der Waals surface area (Å²) in [6.07, 6.45) is 5.17. The predicted molar refractivity (Wildman–Crippen MR) is 55.1 cm³/mol. The van der Waals surface area contributed by atoms with Crippen molar-refractivity contribution in [2.45, 2.75) is 38.3 Å². The van der Waals surface area contributed by atoms with Gasteiger partial charge in [0.1, 0.15) is 6.17 Å². The lowest BCUT2D eigenvalue weighted by Gasteiger charge is -2.35. The molecule has 1 unspecified atom stereocenters. The summed E-state index contributed by atoms with van der Waals surface area (Å²) in [7, 11) is 0. The van der Waals surface area contributed by atoms with Crippen LogP contribution in [-0.4, -0.2) is 19.3 Å². The maximum atomic E-state index is 13.7. The number of halogens is 2. The molecule has 0 bridgehead atoms. The van der Waals surface area contributed by atoms with E-state index in [0.717, 1.165) is 38.8 Å². The maximum absolute atomic E-state index is 13.7. The van der Waals surface area contributed by atoms with E-state index in [9.17, 15) is 4.39 Å². The fourth-order valence-electron chi connectivity index (χ4n) is 2.31. The Morgan fingerprint density at radius 3 is 2.00 bits per heavy atom. The summed E-state index contributed by atoms with van der Waals surface area (Å²) in [6, 6.07) is 0. The van der Waals surface area contributed by atoms with Crippen molar-refractivity contribution in [3.8, 4) is 0 Å². The monoisotopic (exact) mass is 207 g/mol. The van der Waals surface area contributed by atoms with Crippen molar-refractivity contribution >= 4 is 12.4 Å². The molecule has 1 aliphatic heterocycles. The molecular formula is C10H19ClFN. The number of alkyl halides is 1. The van der Waals surface area contributed by atoms with Gasteiger partial charge in [-0.15, -0.1) is 12.4 Å². The molecule has 0 amide bonds. The van der Waals surface area contributed by atoms with E-state index < -0.39 is 6.17 Å². The molecule has 1 aliphatic carbocycles. The van der Waals surface area contributed by atoms with E-state index in [0.29, 0.717) is 11.8 Å². The third-order valence-corrected chi connectivity index (χ3v) is 3.43. The van der Waals surface area contributed by atoms with Crippen LogP contribution in [0.2, 0.25) is 0 Å². The average molecular weight is 208 g/mol. The SMILES string of the molecule is Cl.FC(C1CCC1)C1CCNCC1. The lowest BCUT2D eigenvalue weighted by molar-refractivity contribution is 0.0771. The van der Waals surface area contributed by atoms with Crippen LogP contribution in [0.4, 0.5) is 4.39 Å². The first kappa shape index (κ1) is 11.3. The van der Waals surface area contributed by atoms with Gasteiger partial charge in [0.2, 0.25) is 0 Å².